The molecule has 0 spiro atoms. The lowest BCUT2D eigenvalue weighted by Gasteiger charge is -2.05. The van der Waals surface area contributed by atoms with Crippen LogP contribution in [0.25, 0.3) is 0 Å². The van der Waals surface area contributed by atoms with Crippen LogP contribution in [0.2, 0.25) is 0 Å². The zero-order valence-electron chi connectivity index (χ0n) is 9.52. The SMILES string of the molecule is O=C([O-])CCCC(=O)NCCc1ccncc1. The van der Waals surface area contributed by atoms with Gasteiger partial charge in [0.25, 0.3) is 0 Å². The molecule has 0 aliphatic carbocycles. The highest BCUT2D eigenvalue weighted by atomic mass is 16.4. The summed E-state index contributed by atoms with van der Waals surface area (Å²) < 4.78 is 0. The number of carboxylic acid groups (broad SMARTS) is 1. The predicted octanol–water partition coefficient (Wildman–Crippen LogP) is -0.340. The Bertz CT molecular complexity index is 365. The third kappa shape index (κ3) is 6.29. The van der Waals surface area contributed by atoms with Crippen LogP contribution in [0.1, 0.15) is 24.8 Å². The minimum atomic E-state index is -1.12. The van der Waals surface area contributed by atoms with Gasteiger partial charge in [-0.2, -0.15) is 0 Å². The van der Waals surface area contributed by atoms with Gasteiger partial charge in [-0.1, -0.05) is 0 Å². The van der Waals surface area contributed by atoms with Crippen LogP contribution in [0.15, 0.2) is 24.5 Å². The molecule has 0 unspecified atom stereocenters. The van der Waals surface area contributed by atoms with E-state index in [1.165, 1.54) is 0 Å². The monoisotopic (exact) mass is 235 g/mol. The molecule has 1 rings (SSSR count). The summed E-state index contributed by atoms with van der Waals surface area (Å²) in [5.41, 5.74) is 1.11. The zero-order chi connectivity index (χ0) is 12.5. The molecule has 1 N–H and O–H groups in total. The molecule has 92 valence electrons. The first kappa shape index (κ1) is 13.2. The van der Waals surface area contributed by atoms with Crippen LogP contribution in [0, 0.1) is 0 Å². The Hall–Kier alpha value is -1.91. The highest BCUT2D eigenvalue weighted by molar-refractivity contribution is 5.76. The van der Waals surface area contributed by atoms with Crippen molar-refractivity contribution in [3.8, 4) is 0 Å². The van der Waals surface area contributed by atoms with Gasteiger partial charge in [0, 0.05) is 31.3 Å². The summed E-state index contributed by atoms with van der Waals surface area (Å²) in [6, 6.07) is 3.78. The summed E-state index contributed by atoms with van der Waals surface area (Å²) >= 11 is 0. The summed E-state index contributed by atoms with van der Waals surface area (Å²) in [5.74, 6) is -1.24. The maximum Gasteiger partial charge on any atom is 0.220 e. The Morgan fingerprint density at radius 1 is 1.24 bits per heavy atom. The number of nitrogens with one attached hydrogen (secondary N) is 1. The second kappa shape index (κ2) is 7.38. The van der Waals surface area contributed by atoms with Crippen LogP contribution in [0.5, 0.6) is 0 Å². The van der Waals surface area contributed by atoms with E-state index in [2.05, 4.69) is 10.3 Å². The number of aliphatic carboxylic acids is 1. The largest absolute Gasteiger partial charge is 0.550 e. The molecule has 0 aliphatic heterocycles. The van der Waals surface area contributed by atoms with Crippen molar-refractivity contribution in [2.75, 3.05) is 6.54 Å². The lowest BCUT2D eigenvalue weighted by molar-refractivity contribution is -0.305. The molecule has 1 aromatic heterocycles. The van der Waals surface area contributed by atoms with Crippen LogP contribution < -0.4 is 10.4 Å². The number of nitrogens with zero attached hydrogens (tertiary/aromatic N) is 1. The van der Waals surface area contributed by atoms with Crippen molar-refractivity contribution in [3.63, 3.8) is 0 Å². The Labute approximate surface area is 99.9 Å². The molecule has 0 atom stereocenters. The molecular weight excluding hydrogens is 220 g/mol. The predicted molar refractivity (Wildman–Crippen MR) is 59.8 cm³/mol. The molecule has 5 heteroatoms. The summed E-state index contributed by atoms with van der Waals surface area (Å²) in [6.45, 7) is 0.550. The molecule has 0 radical (unpaired) electrons. The van der Waals surface area contributed by atoms with Gasteiger partial charge in [-0.05, 0) is 37.0 Å². The number of pyridine rings is 1. The Kier molecular flexibility index (Phi) is 5.71. The smallest absolute Gasteiger partial charge is 0.220 e. The summed E-state index contributed by atoms with van der Waals surface area (Å²) in [7, 11) is 0. The third-order valence-electron chi connectivity index (χ3n) is 2.27. The minimum absolute atomic E-state index is 0.0717. The fourth-order valence-corrected chi connectivity index (χ4v) is 1.38. The first-order valence-electron chi connectivity index (χ1n) is 5.54. The van der Waals surface area contributed by atoms with Crippen molar-refractivity contribution in [1.29, 1.82) is 0 Å². The number of rotatable bonds is 7. The van der Waals surface area contributed by atoms with Crippen molar-refractivity contribution in [3.05, 3.63) is 30.1 Å². The number of hydrogen-bond donors (Lipinski definition) is 1. The Morgan fingerprint density at radius 3 is 2.59 bits per heavy atom. The zero-order valence-corrected chi connectivity index (χ0v) is 9.52. The summed E-state index contributed by atoms with van der Waals surface area (Å²) in [6.07, 6.45) is 4.63. The van der Waals surface area contributed by atoms with Crippen molar-refractivity contribution in [2.24, 2.45) is 0 Å². The van der Waals surface area contributed by atoms with Gasteiger partial charge < -0.3 is 15.2 Å². The van der Waals surface area contributed by atoms with Gasteiger partial charge in [-0.15, -0.1) is 0 Å². The van der Waals surface area contributed by atoms with Crippen molar-refractivity contribution in [1.82, 2.24) is 10.3 Å². The molecule has 5 nitrogen and oxygen atoms in total. The van der Waals surface area contributed by atoms with E-state index in [0.29, 0.717) is 13.0 Å². The fraction of sp³-hybridized carbons (Fsp3) is 0.417. The topological polar surface area (TPSA) is 82.1 Å². The van der Waals surface area contributed by atoms with E-state index < -0.39 is 5.97 Å². The van der Waals surface area contributed by atoms with Gasteiger partial charge in [-0.25, -0.2) is 0 Å². The molecule has 0 aliphatic rings. The van der Waals surface area contributed by atoms with Gasteiger partial charge in [0.15, 0.2) is 0 Å². The van der Waals surface area contributed by atoms with E-state index in [-0.39, 0.29) is 18.7 Å². The second-order valence-electron chi connectivity index (χ2n) is 3.68. The standard InChI is InChI=1S/C12H16N2O3/c15-11(2-1-3-12(16)17)14-9-6-10-4-7-13-8-5-10/h4-5,7-8H,1-3,6,9H2,(H,14,15)(H,16,17)/p-1. The normalized spacial score (nSPS) is 9.88. The van der Waals surface area contributed by atoms with E-state index in [9.17, 15) is 14.7 Å². The molecular formula is C12H15N2O3-. The lowest BCUT2D eigenvalue weighted by Crippen LogP contribution is -2.26. The average Bonchev–Trinajstić information content (AvgIpc) is 2.30. The number of carbonyl (C=O) groups is 2. The lowest BCUT2D eigenvalue weighted by atomic mass is 10.2. The summed E-state index contributed by atoms with van der Waals surface area (Å²) in [5, 5.41) is 12.9. The van der Waals surface area contributed by atoms with Gasteiger partial charge in [0.1, 0.15) is 0 Å². The number of carbonyl (C=O) groups excluding carboxylic acids is 2. The van der Waals surface area contributed by atoms with Crippen LogP contribution in [0.3, 0.4) is 0 Å². The number of amides is 1. The summed E-state index contributed by atoms with van der Waals surface area (Å²) in [4.78, 5) is 25.3. The molecule has 0 saturated heterocycles. The van der Waals surface area contributed by atoms with Crippen LogP contribution in [0.4, 0.5) is 0 Å². The number of hydrogen-bond acceptors (Lipinski definition) is 4. The van der Waals surface area contributed by atoms with E-state index in [1.54, 1.807) is 12.4 Å². The molecule has 1 aromatic rings. The Morgan fingerprint density at radius 2 is 1.94 bits per heavy atom. The third-order valence-corrected chi connectivity index (χ3v) is 2.27. The minimum Gasteiger partial charge on any atom is -0.550 e. The highest BCUT2D eigenvalue weighted by Crippen LogP contribution is 1.97. The first-order valence-corrected chi connectivity index (χ1v) is 5.54. The van der Waals surface area contributed by atoms with E-state index in [1.807, 2.05) is 12.1 Å². The highest BCUT2D eigenvalue weighted by Gasteiger charge is 2.00. The molecule has 1 amide bonds. The molecule has 0 aromatic carbocycles. The van der Waals surface area contributed by atoms with E-state index in [4.69, 9.17) is 0 Å². The van der Waals surface area contributed by atoms with Crippen molar-refractivity contribution < 1.29 is 14.7 Å². The van der Waals surface area contributed by atoms with Crippen LogP contribution in [-0.2, 0) is 16.0 Å². The van der Waals surface area contributed by atoms with Crippen molar-refractivity contribution in [2.45, 2.75) is 25.7 Å². The molecule has 1 heterocycles. The molecule has 17 heavy (non-hydrogen) atoms. The molecule has 0 saturated carbocycles. The Balaban J connectivity index is 2.10. The average molecular weight is 235 g/mol. The van der Waals surface area contributed by atoms with Crippen LogP contribution in [-0.4, -0.2) is 23.4 Å². The fourth-order valence-electron chi connectivity index (χ4n) is 1.38. The molecule has 0 bridgehead atoms. The first-order chi connectivity index (χ1) is 8.18. The van der Waals surface area contributed by atoms with E-state index >= 15 is 0 Å². The van der Waals surface area contributed by atoms with Gasteiger partial charge >= 0.3 is 0 Å². The molecule has 0 fully saturated rings. The van der Waals surface area contributed by atoms with E-state index in [0.717, 1.165) is 12.0 Å². The second-order valence-corrected chi connectivity index (χ2v) is 3.68. The van der Waals surface area contributed by atoms with Crippen molar-refractivity contribution >= 4 is 11.9 Å². The van der Waals surface area contributed by atoms with Gasteiger partial charge in [0.05, 0.1) is 0 Å². The maximum atomic E-state index is 11.3. The number of carboxylic acids is 1. The van der Waals surface area contributed by atoms with Crippen LogP contribution >= 0.6 is 0 Å². The van der Waals surface area contributed by atoms with Gasteiger partial charge in [-0.3, -0.25) is 9.78 Å². The number of aromatic nitrogens is 1. The van der Waals surface area contributed by atoms with Gasteiger partial charge in [0.2, 0.25) is 5.91 Å². The maximum absolute atomic E-state index is 11.3. The quantitative estimate of drug-likeness (QED) is 0.701.